The zero-order chi connectivity index (χ0) is 13.1. The number of hydrogen-bond donors (Lipinski definition) is 1. The quantitative estimate of drug-likeness (QED) is 0.722. The number of rotatable bonds is 3. The molecule has 0 fully saturated rings. The van der Waals surface area contributed by atoms with E-state index < -0.39 is 0 Å². The summed E-state index contributed by atoms with van der Waals surface area (Å²) in [7, 11) is 0. The number of nitrogens with one attached hydrogen (secondary N) is 1. The molecule has 0 bridgehead atoms. The molecule has 0 spiro atoms. The van der Waals surface area contributed by atoms with Gasteiger partial charge in [0.25, 0.3) is 0 Å². The highest BCUT2D eigenvalue weighted by atomic mass is 16.5. The average Bonchev–Trinajstić information content (AvgIpc) is 2.89. The Morgan fingerprint density at radius 3 is 3.00 bits per heavy atom. The van der Waals surface area contributed by atoms with Crippen LogP contribution in [-0.4, -0.2) is 26.5 Å². The first-order valence-electron chi connectivity index (χ1n) is 5.70. The molecule has 0 saturated carbocycles. The lowest BCUT2D eigenvalue weighted by molar-refractivity contribution is 0.370. The van der Waals surface area contributed by atoms with Gasteiger partial charge >= 0.3 is 0 Å². The number of imidazole rings is 1. The van der Waals surface area contributed by atoms with E-state index in [0.717, 1.165) is 5.56 Å². The third kappa shape index (κ3) is 2.24. The van der Waals surface area contributed by atoms with Gasteiger partial charge in [-0.25, -0.2) is 15.0 Å². The molecule has 5 nitrogen and oxygen atoms in total. The Morgan fingerprint density at radius 2 is 2.16 bits per heavy atom. The van der Waals surface area contributed by atoms with Crippen LogP contribution in [0.2, 0.25) is 0 Å². The number of hydrogen-bond acceptors (Lipinski definition) is 4. The van der Waals surface area contributed by atoms with Gasteiger partial charge in [0.1, 0.15) is 18.2 Å². The van der Waals surface area contributed by atoms with Crippen LogP contribution < -0.4 is 4.74 Å². The number of aromatic nitrogens is 4. The summed E-state index contributed by atoms with van der Waals surface area (Å²) in [6.07, 6.45) is 8.40. The lowest BCUT2D eigenvalue weighted by Crippen LogP contribution is -1.93. The predicted octanol–water partition coefficient (Wildman–Crippen LogP) is 2.03. The minimum Gasteiger partial charge on any atom is -0.481 e. The maximum absolute atomic E-state index is 5.38. The lowest BCUT2D eigenvalue weighted by atomic mass is 10.2. The zero-order valence-electron chi connectivity index (χ0n) is 10.00. The van der Waals surface area contributed by atoms with Crippen molar-refractivity contribution in [2.45, 2.75) is 0 Å². The third-order valence-corrected chi connectivity index (χ3v) is 2.56. The molecule has 92 valence electrons. The van der Waals surface area contributed by atoms with E-state index in [0.29, 0.717) is 22.9 Å². The molecule has 0 atom stereocenters. The minimum atomic E-state index is 0.243. The summed E-state index contributed by atoms with van der Waals surface area (Å²) in [5.41, 5.74) is 2.15. The summed E-state index contributed by atoms with van der Waals surface area (Å²) in [5.74, 6) is 3.84. The normalized spacial score (nSPS) is 10.3. The molecule has 0 aliphatic rings. The highest BCUT2D eigenvalue weighted by Crippen LogP contribution is 2.22. The largest absolute Gasteiger partial charge is 0.481 e. The summed E-state index contributed by atoms with van der Waals surface area (Å²) < 4.78 is 5.38. The minimum absolute atomic E-state index is 0.243. The number of benzene rings is 1. The third-order valence-electron chi connectivity index (χ3n) is 2.56. The molecule has 2 heterocycles. The Bertz CT molecular complexity index is 724. The molecule has 3 aromatic rings. The van der Waals surface area contributed by atoms with Crippen molar-refractivity contribution in [2.24, 2.45) is 0 Å². The molecule has 5 heteroatoms. The van der Waals surface area contributed by atoms with E-state index in [1.807, 2.05) is 24.3 Å². The highest BCUT2D eigenvalue weighted by molar-refractivity contribution is 5.72. The predicted molar refractivity (Wildman–Crippen MR) is 71.4 cm³/mol. The fraction of sp³-hybridized carbons (Fsp3) is 0.0714. The maximum Gasteiger partial charge on any atom is 0.197 e. The van der Waals surface area contributed by atoms with Crippen LogP contribution in [-0.2, 0) is 0 Å². The van der Waals surface area contributed by atoms with Crippen molar-refractivity contribution < 1.29 is 4.74 Å². The standard InChI is InChI=1S/C14H10N4O/c1-2-8-19-11-5-3-4-10(9-11)12-17-13-14(18-12)16-7-6-15-13/h1,3-7,9H,8H2,(H,15,16,17,18). The topological polar surface area (TPSA) is 63.7 Å². The number of terminal acetylenes is 1. The first-order valence-corrected chi connectivity index (χ1v) is 5.70. The van der Waals surface area contributed by atoms with Gasteiger partial charge in [-0.3, -0.25) is 0 Å². The second-order valence-electron chi connectivity index (χ2n) is 3.83. The van der Waals surface area contributed by atoms with E-state index in [1.165, 1.54) is 0 Å². The van der Waals surface area contributed by atoms with Crippen LogP contribution in [0.3, 0.4) is 0 Å². The van der Waals surface area contributed by atoms with Crippen molar-refractivity contribution in [1.82, 2.24) is 19.9 Å². The Kier molecular flexibility index (Phi) is 2.83. The van der Waals surface area contributed by atoms with Crippen LogP contribution in [0, 0.1) is 12.3 Å². The molecule has 1 aromatic carbocycles. The SMILES string of the molecule is C#CCOc1cccc(-c2nc3nccnc3[nH]2)c1. The van der Waals surface area contributed by atoms with Crippen LogP contribution >= 0.6 is 0 Å². The number of H-pyrrole nitrogens is 1. The maximum atomic E-state index is 5.38. The number of fused-ring (bicyclic) bond motifs is 1. The fourth-order valence-electron chi connectivity index (χ4n) is 1.74. The number of nitrogens with zero attached hydrogens (tertiary/aromatic N) is 3. The molecule has 0 aliphatic heterocycles. The van der Waals surface area contributed by atoms with Gasteiger partial charge in [0.15, 0.2) is 11.3 Å². The van der Waals surface area contributed by atoms with Crippen molar-refractivity contribution >= 4 is 11.3 Å². The molecular weight excluding hydrogens is 240 g/mol. The van der Waals surface area contributed by atoms with E-state index >= 15 is 0 Å². The van der Waals surface area contributed by atoms with Crippen LogP contribution in [0.5, 0.6) is 5.75 Å². The first kappa shape index (κ1) is 11.2. The van der Waals surface area contributed by atoms with Crippen molar-refractivity contribution in [3.63, 3.8) is 0 Å². The van der Waals surface area contributed by atoms with Gasteiger partial charge in [-0.15, -0.1) is 6.42 Å². The smallest absolute Gasteiger partial charge is 0.197 e. The Balaban J connectivity index is 1.99. The molecule has 0 radical (unpaired) electrons. The molecule has 19 heavy (non-hydrogen) atoms. The molecule has 0 amide bonds. The molecule has 0 aliphatic carbocycles. The summed E-state index contributed by atoms with van der Waals surface area (Å²) in [6.45, 7) is 0.243. The second-order valence-corrected chi connectivity index (χ2v) is 3.83. The second kappa shape index (κ2) is 4.78. The molecule has 0 saturated heterocycles. The summed E-state index contributed by atoms with van der Waals surface area (Å²) >= 11 is 0. The van der Waals surface area contributed by atoms with Crippen molar-refractivity contribution in [3.8, 4) is 29.5 Å². The monoisotopic (exact) mass is 250 g/mol. The van der Waals surface area contributed by atoms with Crippen molar-refractivity contribution in [1.29, 1.82) is 0 Å². The van der Waals surface area contributed by atoms with E-state index in [9.17, 15) is 0 Å². The van der Waals surface area contributed by atoms with Gasteiger partial charge in [0.05, 0.1) is 0 Å². The first-order chi connectivity index (χ1) is 9.36. The van der Waals surface area contributed by atoms with Crippen molar-refractivity contribution in [3.05, 3.63) is 36.7 Å². The molecular formula is C14H10N4O. The fourth-order valence-corrected chi connectivity index (χ4v) is 1.74. The molecule has 1 N–H and O–H groups in total. The van der Waals surface area contributed by atoms with E-state index in [1.54, 1.807) is 12.4 Å². The Labute approximate surface area is 109 Å². The van der Waals surface area contributed by atoms with Crippen LogP contribution in [0.25, 0.3) is 22.7 Å². The molecule has 2 aromatic heterocycles. The van der Waals surface area contributed by atoms with Gasteiger partial charge in [-0.05, 0) is 12.1 Å². The van der Waals surface area contributed by atoms with Gasteiger partial charge in [0, 0.05) is 18.0 Å². The van der Waals surface area contributed by atoms with Crippen LogP contribution in [0.1, 0.15) is 0 Å². The van der Waals surface area contributed by atoms with Crippen LogP contribution in [0.15, 0.2) is 36.7 Å². The van der Waals surface area contributed by atoms with Gasteiger partial charge in [-0.2, -0.15) is 0 Å². The molecule has 0 unspecified atom stereocenters. The number of ether oxygens (including phenoxy) is 1. The van der Waals surface area contributed by atoms with Gasteiger partial charge in [0.2, 0.25) is 0 Å². The average molecular weight is 250 g/mol. The summed E-state index contributed by atoms with van der Waals surface area (Å²) in [5, 5.41) is 0. The van der Waals surface area contributed by atoms with E-state index in [-0.39, 0.29) is 6.61 Å². The van der Waals surface area contributed by atoms with E-state index in [2.05, 4.69) is 25.9 Å². The Hall–Kier alpha value is -2.87. The van der Waals surface area contributed by atoms with Crippen molar-refractivity contribution in [2.75, 3.05) is 6.61 Å². The highest BCUT2D eigenvalue weighted by Gasteiger charge is 2.07. The lowest BCUT2D eigenvalue weighted by Gasteiger charge is -2.03. The Morgan fingerprint density at radius 1 is 1.26 bits per heavy atom. The van der Waals surface area contributed by atoms with Gasteiger partial charge in [-0.1, -0.05) is 18.1 Å². The summed E-state index contributed by atoms with van der Waals surface area (Å²) in [6, 6.07) is 7.53. The molecule has 3 rings (SSSR count). The van der Waals surface area contributed by atoms with E-state index in [4.69, 9.17) is 11.2 Å². The summed E-state index contributed by atoms with van der Waals surface area (Å²) in [4.78, 5) is 15.8. The van der Waals surface area contributed by atoms with Crippen LogP contribution in [0.4, 0.5) is 0 Å². The number of aromatic amines is 1. The van der Waals surface area contributed by atoms with Gasteiger partial charge < -0.3 is 9.72 Å². The zero-order valence-corrected chi connectivity index (χ0v) is 10.00.